The first-order valence-electron chi connectivity index (χ1n) is 7.50. The molecule has 1 amide bonds. The average Bonchev–Trinajstić information content (AvgIpc) is 3.31. The minimum Gasteiger partial charge on any atom is -0.335 e. The summed E-state index contributed by atoms with van der Waals surface area (Å²) in [4.78, 5) is 14.9. The Kier molecular flexibility index (Phi) is 4.41. The number of nitrogens with one attached hydrogen (secondary N) is 1. The molecule has 1 atom stereocenters. The predicted octanol–water partition coefficient (Wildman–Crippen LogP) is 2.94. The maximum atomic E-state index is 12.8. The standard InChI is InChI=1S/C16H21BrN2O/c17-15-6-2-1-4-13(15)11-19(14-7-8-14)16(20)12-5-3-9-18-10-12/h1-2,4,6,12,14,18H,3,5,7-11H2/t12-/m1/s1. The van der Waals surface area contributed by atoms with E-state index in [0.29, 0.717) is 11.9 Å². The predicted molar refractivity (Wildman–Crippen MR) is 83.3 cm³/mol. The smallest absolute Gasteiger partial charge is 0.227 e. The molecule has 0 aromatic heterocycles. The summed E-state index contributed by atoms with van der Waals surface area (Å²) in [5.41, 5.74) is 1.21. The largest absolute Gasteiger partial charge is 0.335 e. The van der Waals surface area contributed by atoms with Crippen LogP contribution in [0.15, 0.2) is 28.7 Å². The van der Waals surface area contributed by atoms with Crippen molar-refractivity contribution in [2.24, 2.45) is 5.92 Å². The number of amides is 1. The number of carbonyl (C=O) groups is 1. The summed E-state index contributed by atoms with van der Waals surface area (Å²) in [5, 5.41) is 3.35. The first kappa shape index (κ1) is 14.1. The molecule has 1 heterocycles. The van der Waals surface area contributed by atoms with Crippen LogP contribution < -0.4 is 5.32 Å². The molecular weight excluding hydrogens is 316 g/mol. The lowest BCUT2D eigenvalue weighted by molar-refractivity contribution is -0.137. The van der Waals surface area contributed by atoms with Crippen LogP contribution in [0.5, 0.6) is 0 Å². The molecule has 2 aliphatic rings. The van der Waals surface area contributed by atoms with E-state index in [0.717, 1.165) is 49.8 Å². The molecule has 108 valence electrons. The van der Waals surface area contributed by atoms with Crippen molar-refractivity contribution in [2.75, 3.05) is 13.1 Å². The molecule has 0 radical (unpaired) electrons. The Morgan fingerprint density at radius 1 is 1.30 bits per heavy atom. The number of halogens is 1. The summed E-state index contributed by atoms with van der Waals surface area (Å²) in [6.45, 7) is 2.64. The van der Waals surface area contributed by atoms with Crippen molar-refractivity contribution in [1.29, 1.82) is 0 Å². The van der Waals surface area contributed by atoms with Gasteiger partial charge in [0.25, 0.3) is 0 Å². The molecule has 2 fully saturated rings. The highest BCUT2D eigenvalue weighted by atomic mass is 79.9. The summed E-state index contributed by atoms with van der Waals surface area (Å²) >= 11 is 3.59. The molecule has 1 aliphatic heterocycles. The fraction of sp³-hybridized carbons (Fsp3) is 0.562. The van der Waals surface area contributed by atoms with E-state index < -0.39 is 0 Å². The highest BCUT2D eigenvalue weighted by molar-refractivity contribution is 9.10. The molecule has 3 nitrogen and oxygen atoms in total. The maximum Gasteiger partial charge on any atom is 0.227 e. The summed E-state index contributed by atoms with van der Waals surface area (Å²) < 4.78 is 1.10. The number of nitrogens with zero attached hydrogens (tertiary/aromatic N) is 1. The Morgan fingerprint density at radius 3 is 2.75 bits per heavy atom. The van der Waals surface area contributed by atoms with Gasteiger partial charge < -0.3 is 10.2 Å². The second-order valence-electron chi connectivity index (χ2n) is 5.83. The van der Waals surface area contributed by atoms with Crippen LogP contribution in [0.1, 0.15) is 31.2 Å². The molecule has 0 spiro atoms. The van der Waals surface area contributed by atoms with E-state index in [-0.39, 0.29) is 5.92 Å². The quantitative estimate of drug-likeness (QED) is 0.916. The number of benzene rings is 1. The minimum absolute atomic E-state index is 0.173. The highest BCUT2D eigenvalue weighted by Crippen LogP contribution is 2.32. The molecule has 1 aliphatic carbocycles. The normalized spacial score (nSPS) is 22.6. The van der Waals surface area contributed by atoms with Crippen LogP contribution in [0.25, 0.3) is 0 Å². The number of hydrogen-bond donors (Lipinski definition) is 1. The van der Waals surface area contributed by atoms with Gasteiger partial charge in [-0.1, -0.05) is 34.1 Å². The molecular formula is C16H21BrN2O. The Morgan fingerprint density at radius 2 is 2.10 bits per heavy atom. The second kappa shape index (κ2) is 6.27. The van der Waals surface area contributed by atoms with Crippen molar-refractivity contribution in [3.63, 3.8) is 0 Å². The van der Waals surface area contributed by atoms with Gasteiger partial charge in [-0.25, -0.2) is 0 Å². The van der Waals surface area contributed by atoms with E-state index in [1.807, 2.05) is 18.2 Å². The second-order valence-corrected chi connectivity index (χ2v) is 6.69. The fourth-order valence-electron chi connectivity index (χ4n) is 2.88. The van der Waals surface area contributed by atoms with E-state index in [9.17, 15) is 4.79 Å². The van der Waals surface area contributed by atoms with Crippen molar-refractivity contribution in [3.05, 3.63) is 34.3 Å². The molecule has 0 unspecified atom stereocenters. The number of piperidine rings is 1. The monoisotopic (exact) mass is 336 g/mol. The lowest BCUT2D eigenvalue weighted by atomic mass is 9.97. The number of carbonyl (C=O) groups excluding carboxylic acids is 1. The van der Waals surface area contributed by atoms with E-state index in [4.69, 9.17) is 0 Å². The van der Waals surface area contributed by atoms with Gasteiger partial charge in [-0.3, -0.25) is 4.79 Å². The van der Waals surface area contributed by atoms with E-state index in [2.05, 4.69) is 32.2 Å². The van der Waals surface area contributed by atoms with Gasteiger partial charge in [0.15, 0.2) is 0 Å². The molecule has 0 bridgehead atoms. The van der Waals surface area contributed by atoms with Crippen molar-refractivity contribution in [3.8, 4) is 0 Å². The highest BCUT2D eigenvalue weighted by Gasteiger charge is 2.36. The first-order chi connectivity index (χ1) is 9.75. The SMILES string of the molecule is O=C([C@@H]1CCCNC1)N(Cc1ccccc1Br)C1CC1. The molecule has 3 rings (SSSR count). The van der Waals surface area contributed by atoms with Crippen LogP contribution in [0.2, 0.25) is 0 Å². The van der Waals surface area contributed by atoms with Crippen molar-refractivity contribution >= 4 is 21.8 Å². The molecule has 4 heteroatoms. The van der Waals surface area contributed by atoms with Gasteiger partial charge in [0.1, 0.15) is 0 Å². The fourth-order valence-corrected chi connectivity index (χ4v) is 3.29. The number of rotatable bonds is 4. The van der Waals surface area contributed by atoms with E-state index >= 15 is 0 Å². The molecule has 20 heavy (non-hydrogen) atoms. The molecule has 1 aromatic carbocycles. The van der Waals surface area contributed by atoms with Crippen LogP contribution >= 0.6 is 15.9 Å². The van der Waals surface area contributed by atoms with Gasteiger partial charge in [0.05, 0.1) is 5.92 Å². The van der Waals surface area contributed by atoms with Crippen LogP contribution in [0.3, 0.4) is 0 Å². The van der Waals surface area contributed by atoms with Crippen LogP contribution in [0.4, 0.5) is 0 Å². The third-order valence-electron chi connectivity index (χ3n) is 4.22. The Bertz CT molecular complexity index is 481. The van der Waals surface area contributed by atoms with Crippen LogP contribution in [-0.2, 0) is 11.3 Å². The third-order valence-corrected chi connectivity index (χ3v) is 4.99. The molecule has 1 aromatic rings. The van der Waals surface area contributed by atoms with Gasteiger partial charge in [0, 0.05) is 23.6 Å². The van der Waals surface area contributed by atoms with Crippen molar-refractivity contribution in [2.45, 2.75) is 38.3 Å². The summed E-state index contributed by atoms with van der Waals surface area (Å²) in [5.74, 6) is 0.516. The molecule has 1 N–H and O–H groups in total. The zero-order chi connectivity index (χ0) is 13.9. The Labute approximate surface area is 128 Å². The molecule has 1 saturated carbocycles. The molecule has 1 saturated heterocycles. The first-order valence-corrected chi connectivity index (χ1v) is 8.29. The van der Waals surface area contributed by atoms with Crippen molar-refractivity contribution < 1.29 is 4.79 Å². The van der Waals surface area contributed by atoms with E-state index in [1.165, 1.54) is 5.56 Å². The van der Waals surface area contributed by atoms with Gasteiger partial charge in [-0.2, -0.15) is 0 Å². The summed E-state index contributed by atoms with van der Waals surface area (Å²) in [6, 6.07) is 8.68. The van der Waals surface area contributed by atoms with Gasteiger partial charge >= 0.3 is 0 Å². The zero-order valence-electron chi connectivity index (χ0n) is 11.6. The Balaban J connectivity index is 1.72. The van der Waals surface area contributed by atoms with Gasteiger partial charge in [-0.15, -0.1) is 0 Å². The van der Waals surface area contributed by atoms with Crippen molar-refractivity contribution in [1.82, 2.24) is 10.2 Å². The average molecular weight is 337 g/mol. The van der Waals surface area contributed by atoms with E-state index in [1.54, 1.807) is 0 Å². The third kappa shape index (κ3) is 3.23. The summed E-state index contributed by atoms with van der Waals surface area (Å²) in [7, 11) is 0. The van der Waals surface area contributed by atoms with Crippen LogP contribution in [-0.4, -0.2) is 29.9 Å². The Hall–Kier alpha value is -0.870. The minimum atomic E-state index is 0.173. The topological polar surface area (TPSA) is 32.3 Å². The summed E-state index contributed by atoms with van der Waals surface area (Å²) in [6.07, 6.45) is 4.47. The zero-order valence-corrected chi connectivity index (χ0v) is 13.2. The van der Waals surface area contributed by atoms with Crippen LogP contribution in [0, 0.1) is 5.92 Å². The van der Waals surface area contributed by atoms with Gasteiger partial charge in [-0.05, 0) is 43.9 Å². The number of hydrogen-bond acceptors (Lipinski definition) is 2. The lowest BCUT2D eigenvalue weighted by Gasteiger charge is -2.30. The maximum absolute atomic E-state index is 12.8. The lowest BCUT2D eigenvalue weighted by Crippen LogP contribution is -2.43. The van der Waals surface area contributed by atoms with Gasteiger partial charge in [0.2, 0.25) is 5.91 Å².